The fourth-order valence-electron chi connectivity index (χ4n) is 2.12. The number of halogens is 2. The van der Waals surface area contributed by atoms with Crippen molar-refractivity contribution >= 4 is 35.1 Å². The van der Waals surface area contributed by atoms with E-state index >= 15 is 0 Å². The van der Waals surface area contributed by atoms with E-state index in [4.69, 9.17) is 28.3 Å². The number of rotatable bonds is 8. The zero-order valence-corrected chi connectivity index (χ0v) is 13.2. The SMILES string of the molecule is CC(CCCC(Cc1cc(Cl)cc(Cl)c1)C(=O)O)C(=O)O. The molecule has 0 bridgehead atoms. The van der Waals surface area contributed by atoms with E-state index in [1.54, 1.807) is 25.1 Å². The Balaban J connectivity index is 2.61. The molecule has 0 saturated heterocycles. The topological polar surface area (TPSA) is 74.6 Å². The van der Waals surface area contributed by atoms with Gasteiger partial charge >= 0.3 is 11.9 Å². The summed E-state index contributed by atoms with van der Waals surface area (Å²) in [5, 5.41) is 19.0. The van der Waals surface area contributed by atoms with Crippen LogP contribution in [0.1, 0.15) is 31.7 Å². The van der Waals surface area contributed by atoms with Crippen molar-refractivity contribution in [2.45, 2.75) is 32.6 Å². The fourth-order valence-corrected chi connectivity index (χ4v) is 2.69. The first-order valence-electron chi connectivity index (χ1n) is 6.70. The molecule has 116 valence electrons. The third-order valence-corrected chi connectivity index (χ3v) is 3.80. The average molecular weight is 333 g/mol. The van der Waals surface area contributed by atoms with Crippen LogP contribution in [0.4, 0.5) is 0 Å². The standard InChI is InChI=1S/C15H18Cl2O4/c1-9(14(18)19)3-2-4-11(15(20)21)5-10-6-12(16)8-13(17)7-10/h6-9,11H,2-5H2,1H3,(H,18,19)(H,20,21). The predicted molar refractivity (Wildman–Crippen MR) is 81.9 cm³/mol. The van der Waals surface area contributed by atoms with Gasteiger partial charge in [0, 0.05) is 10.0 Å². The molecule has 0 aromatic heterocycles. The molecule has 0 amide bonds. The molecule has 0 radical (unpaired) electrons. The summed E-state index contributed by atoms with van der Waals surface area (Å²) < 4.78 is 0. The van der Waals surface area contributed by atoms with E-state index < -0.39 is 23.8 Å². The summed E-state index contributed by atoms with van der Waals surface area (Å²) in [4.78, 5) is 22.0. The molecule has 0 saturated carbocycles. The molecule has 0 spiro atoms. The number of hydrogen-bond acceptors (Lipinski definition) is 2. The summed E-state index contributed by atoms with van der Waals surface area (Å²) in [5.41, 5.74) is 0.770. The third kappa shape index (κ3) is 6.36. The summed E-state index contributed by atoms with van der Waals surface area (Å²) >= 11 is 11.8. The van der Waals surface area contributed by atoms with Crippen molar-refractivity contribution < 1.29 is 19.8 Å². The van der Waals surface area contributed by atoms with Gasteiger partial charge in [0.2, 0.25) is 0 Å². The highest BCUT2D eigenvalue weighted by molar-refractivity contribution is 6.34. The molecular formula is C15H18Cl2O4. The van der Waals surface area contributed by atoms with Crippen LogP contribution in [0.2, 0.25) is 10.0 Å². The van der Waals surface area contributed by atoms with E-state index in [0.29, 0.717) is 35.7 Å². The second-order valence-corrected chi connectivity index (χ2v) is 6.06. The Bertz CT molecular complexity index is 496. The van der Waals surface area contributed by atoms with Crippen molar-refractivity contribution in [1.82, 2.24) is 0 Å². The maximum absolute atomic E-state index is 11.3. The molecule has 2 unspecified atom stereocenters. The van der Waals surface area contributed by atoms with Gasteiger partial charge in [-0.1, -0.05) is 36.5 Å². The first-order valence-corrected chi connectivity index (χ1v) is 7.45. The molecule has 21 heavy (non-hydrogen) atoms. The Hall–Kier alpha value is -1.26. The molecule has 2 N–H and O–H groups in total. The van der Waals surface area contributed by atoms with Gasteiger partial charge in [-0.3, -0.25) is 9.59 Å². The van der Waals surface area contributed by atoms with Crippen LogP contribution in [0.3, 0.4) is 0 Å². The Labute approximate surface area is 133 Å². The van der Waals surface area contributed by atoms with Gasteiger partial charge in [-0.2, -0.15) is 0 Å². The van der Waals surface area contributed by atoms with Crippen molar-refractivity contribution in [3.63, 3.8) is 0 Å². The Morgan fingerprint density at radius 1 is 1.05 bits per heavy atom. The lowest BCUT2D eigenvalue weighted by Crippen LogP contribution is -2.17. The first-order chi connectivity index (χ1) is 9.79. The molecule has 0 aliphatic rings. The number of carboxylic acid groups (broad SMARTS) is 2. The van der Waals surface area contributed by atoms with E-state index in [2.05, 4.69) is 0 Å². The molecule has 1 rings (SSSR count). The summed E-state index contributed by atoms with van der Waals surface area (Å²) in [6.07, 6.45) is 1.78. The van der Waals surface area contributed by atoms with Crippen LogP contribution in [0, 0.1) is 11.8 Å². The summed E-state index contributed by atoms with van der Waals surface area (Å²) in [5.74, 6) is -2.78. The van der Waals surface area contributed by atoms with Crippen molar-refractivity contribution in [1.29, 1.82) is 0 Å². The zero-order valence-electron chi connectivity index (χ0n) is 11.7. The van der Waals surface area contributed by atoms with E-state index in [-0.39, 0.29) is 0 Å². The number of hydrogen-bond donors (Lipinski definition) is 2. The highest BCUT2D eigenvalue weighted by Crippen LogP contribution is 2.23. The Morgan fingerprint density at radius 2 is 1.62 bits per heavy atom. The van der Waals surface area contributed by atoms with Crippen LogP contribution < -0.4 is 0 Å². The van der Waals surface area contributed by atoms with Crippen LogP contribution >= 0.6 is 23.2 Å². The molecular weight excluding hydrogens is 315 g/mol. The van der Waals surface area contributed by atoms with Crippen LogP contribution in [0.25, 0.3) is 0 Å². The fraction of sp³-hybridized carbons (Fsp3) is 0.467. The lowest BCUT2D eigenvalue weighted by atomic mass is 9.92. The molecule has 0 aliphatic carbocycles. The molecule has 2 atom stereocenters. The van der Waals surface area contributed by atoms with Crippen LogP contribution in [-0.2, 0) is 16.0 Å². The molecule has 4 nitrogen and oxygen atoms in total. The van der Waals surface area contributed by atoms with Gasteiger partial charge in [0.05, 0.1) is 11.8 Å². The lowest BCUT2D eigenvalue weighted by molar-refractivity contribution is -0.142. The normalized spacial score (nSPS) is 13.7. The minimum atomic E-state index is -0.894. The van der Waals surface area contributed by atoms with Gasteiger partial charge in [-0.05, 0) is 43.0 Å². The maximum Gasteiger partial charge on any atom is 0.306 e. The van der Waals surface area contributed by atoms with Crippen molar-refractivity contribution in [2.75, 3.05) is 0 Å². The summed E-state index contributed by atoms with van der Waals surface area (Å²) in [6, 6.07) is 4.99. The molecule has 0 fully saturated rings. The average Bonchev–Trinajstić information content (AvgIpc) is 2.35. The maximum atomic E-state index is 11.3. The molecule has 6 heteroatoms. The molecule has 1 aromatic rings. The summed E-state index contributed by atoms with van der Waals surface area (Å²) in [7, 11) is 0. The van der Waals surface area contributed by atoms with Crippen LogP contribution in [0.5, 0.6) is 0 Å². The second-order valence-electron chi connectivity index (χ2n) is 5.19. The Morgan fingerprint density at radius 3 is 2.10 bits per heavy atom. The number of benzene rings is 1. The van der Waals surface area contributed by atoms with Gasteiger partial charge in [-0.25, -0.2) is 0 Å². The largest absolute Gasteiger partial charge is 0.481 e. The lowest BCUT2D eigenvalue weighted by Gasteiger charge is -2.14. The number of aliphatic carboxylic acids is 2. The molecule has 0 heterocycles. The highest BCUT2D eigenvalue weighted by Gasteiger charge is 2.19. The van der Waals surface area contributed by atoms with Gasteiger partial charge in [0.25, 0.3) is 0 Å². The number of carbonyl (C=O) groups is 2. The van der Waals surface area contributed by atoms with E-state index in [1.807, 2.05) is 0 Å². The Kier molecular flexibility index (Phi) is 6.99. The molecule has 0 aliphatic heterocycles. The van der Waals surface area contributed by atoms with Crippen molar-refractivity contribution in [2.24, 2.45) is 11.8 Å². The van der Waals surface area contributed by atoms with Crippen LogP contribution in [0.15, 0.2) is 18.2 Å². The minimum absolute atomic E-state index is 0.330. The van der Waals surface area contributed by atoms with Gasteiger partial charge < -0.3 is 10.2 Å². The van der Waals surface area contributed by atoms with Crippen molar-refractivity contribution in [3.8, 4) is 0 Å². The van der Waals surface area contributed by atoms with Gasteiger partial charge in [-0.15, -0.1) is 0 Å². The predicted octanol–water partition coefficient (Wildman–Crippen LogP) is 4.13. The monoisotopic (exact) mass is 332 g/mol. The van der Waals surface area contributed by atoms with E-state index in [0.717, 1.165) is 5.56 Å². The van der Waals surface area contributed by atoms with Gasteiger partial charge in [0.15, 0.2) is 0 Å². The quantitative estimate of drug-likeness (QED) is 0.750. The van der Waals surface area contributed by atoms with Gasteiger partial charge in [0.1, 0.15) is 0 Å². The molecule has 1 aromatic carbocycles. The van der Waals surface area contributed by atoms with Crippen LogP contribution in [-0.4, -0.2) is 22.2 Å². The third-order valence-electron chi connectivity index (χ3n) is 3.36. The first kappa shape index (κ1) is 17.8. The minimum Gasteiger partial charge on any atom is -0.481 e. The smallest absolute Gasteiger partial charge is 0.306 e. The van der Waals surface area contributed by atoms with E-state index in [1.165, 1.54) is 0 Å². The second kappa shape index (κ2) is 8.25. The number of carboxylic acids is 2. The van der Waals surface area contributed by atoms with Crippen molar-refractivity contribution in [3.05, 3.63) is 33.8 Å². The zero-order chi connectivity index (χ0) is 16.0. The summed E-state index contributed by atoms with van der Waals surface area (Å²) in [6.45, 7) is 1.62. The highest BCUT2D eigenvalue weighted by atomic mass is 35.5. The van der Waals surface area contributed by atoms with E-state index in [9.17, 15) is 14.7 Å².